The Bertz CT molecular complexity index is 898. The third-order valence-corrected chi connectivity index (χ3v) is 6.16. The van der Waals surface area contributed by atoms with Crippen LogP contribution in [0.1, 0.15) is 67.7 Å². The molecule has 1 aliphatic carbocycles. The van der Waals surface area contributed by atoms with Gasteiger partial charge in [-0.1, -0.05) is 32.3 Å². The van der Waals surface area contributed by atoms with Crippen LogP contribution in [0.5, 0.6) is 5.75 Å². The van der Waals surface area contributed by atoms with Crippen LogP contribution in [0.15, 0.2) is 24.3 Å². The molecule has 1 unspecified atom stereocenters. The number of ether oxygens (including phenoxy) is 1. The van der Waals surface area contributed by atoms with Gasteiger partial charge in [0, 0.05) is 5.56 Å². The van der Waals surface area contributed by atoms with Crippen molar-refractivity contribution in [3.05, 3.63) is 64.0 Å². The highest BCUT2D eigenvalue weighted by atomic mass is 19.4. The van der Waals surface area contributed by atoms with Crippen LogP contribution in [0.25, 0.3) is 0 Å². The molecule has 0 spiro atoms. The van der Waals surface area contributed by atoms with Gasteiger partial charge in [-0.2, -0.15) is 0 Å². The number of halogens is 6. The molecule has 0 N–H and O–H groups in total. The number of benzene rings is 2. The minimum Gasteiger partial charge on any atom is -0.403 e. The summed E-state index contributed by atoms with van der Waals surface area (Å²) >= 11 is 0. The van der Waals surface area contributed by atoms with Crippen LogP contribution in [0.4, 0.5) is 26.3 Å². The Balaban J connectivity index is 1.60. The SMILES string of the molecule is CCCCCCc1cc(F)c(CCC2CCc3c(ccc(OC(F)(F)F)c3F)C2)c(F)c1. The number of fused-ring (bicyclic) bond motifs is 1. The minimum absolute atomic E-state index is 0.0632. The largest absolute Gasteiger partial charge is 0.573 e. The molecule has 2 aromatic carbocycles. The van der Waals surface area contributed by atoms with Crippen LogP contribution in [-0.2, 0) is 25.7 Å². The van der Waals surface area contributed by atoms with Gasteiger partial charge in [-0.15, -0.1) is 13.2 Å². The van der Waals surface area contributed by atoms with Gasteiger partial charge in [-0.3, -0.25) is 0 Å². The predicted octanol–water partition coefficient (Wildman–Crippen LogP) is 7.86. The Morgan fingerprint density at radius 2 is 1.69 bits per heavy atom. The number of hydrogen-bond donors (Lipinski definition) is 0. The van der Waals surface area contributed by atoms with Crippen LogP contribution in [0, 0.1) is 23.4 Å². The zero-order valence-electron chi connectivity index (χ0n) is 18.1. The van der Waals surface area contributed by atoms with Gasteiger partial charge in [-0.05, 0) is 85.8 Å². The van der Waals surface area contributed by atoms with Gasteiger partial charge in [0.2, 0.25) is 0 Å². The summed E-state index contributed by atoms with van der Waals surface area (Å²) in [4.78, 5) is 0. The summed E-state index contributed by atoms with van der Waals surface area (Å²) in [7, 11) is 0. The summed E-state index contributed by atoms with van der Waals surface area (Å²) in [5, 5.41) is 0. The number of unbranched alkanes of at least 4 members (excludes halogenated alkanes) is 3. The Hall–Kier alpha value is -2.18. The van der Waals surface area contributed by atoms with Crippen molar-refractivity contribution in [2.45, 2.75) is 77.5 Å². The Morgan fingerprint density at radius 3 is 2.34 bits per heavy atom. The number of rotatable bonds is 9. The molecule has 0 bridgehead atoms. The van der Waals surface area contributed by atoms with E-state index < -0.39 is 29.6 Å². The first-order valence-corrected chi connectivity index (χ1v) is 11.2. The monoisotopic (exact) mass is 458 g/mol. The van der Waals surface area contributed by atoms with E-state index in [9.17, 15) is 26.3 Å². The summed E-state index contributed by atoms with van der Waals surface area (Å²) in [6.07, 6.45) is 1.85. The van der Waals surface area contributed by atoms with E-state index >= 15 is 0 Å². The minimum atomic E-state index is -4.95. The van der Waals surface area contributed by atoms with Crippen molar-refractivity contribution in [1.82, 2.24) is 0 Å². The summed E-state index contributed by atoms with van der Waals surface area (Å²) in [5.74, 6) is -2.80. The molecule has 1 nitrogen and oxygen atoms in total. The van der Waals surface area contributed by atoms with E-state index in [1.807, 2.05) is 0 Å². The molecule has 0 aromatic heterocycles. The summed E-state index contributed by atoms with van der Waals surface area (Å²) in [6, 6.07) is 5.26. The fourth-order valence-electron chi connectivity index (χ4n) is 4.46. The highest BCUT2D eigenvalue weighted by Gasteiger charge is 2.34. The molecule has 3 rings (SSSR count). The fraction of sp³-hybridized carbons (Fsp3) is 0.520. The predicted molar refractivity (Wildman–Crippen MR) is 111 cm³/mol. The molecule has 0 saturated heterocycles. The molecule has 0 radical (unpaired) electrons. The second-order valence-corrected chi connectivity index (χ2v) is 8.56. The Morgan fingerprint density at radius 1 is 0.969 bits per heavy atom. The van der Waals surface area contributed by atoms with Crippen molar-refractivity contribution >= 4 is 0 Å². The van der Waals surface area contributed by atoms with Gasteiger partial charge in [0.05, 0.1) is 0 Å². The maximum Gasteiger partial charge on any atom is 0.573 e. The van der Waals surface area contributed by atoms with E-state index in [1.54, 1.807) is 0 Å². The maximum absolute atomic E-state index is 14.5. The van der Waals surface area contributed by atoms with Crippen LogP contribution in [0.3, 0.4) is 0 Å². The number of hydrogen-bond acceptors (Lipinski definition) is 1. The lowest BCUT2D eigenvalue weighted by atomic mass is 9.80. The van der Waals surface area contributed by atoms with E-state index in [1.165, 1.54) is 18.2 Å². The molecule has 7 heteroatoms. The van der Waals surface area contributed by atoms with Crippen LogP contribution >= 0.6 is 0 Å². The smallest absolute Gasteiger partial charge is 0.403 e. The van der Waals surface area contributed by atoms with Crippen molar-refractivity contribution < 1.29 is 31.1 Å². The van der Waals surface area contributed by atoms with Crippen molar-refractivity contribution in [2.75, 3.05) is 0 Å². The van der Waals surface area contributed by atoms with Gasteiger partial charge in [0.25, 0.3) is 0 Å². The molecule has 0 amide bonds. The van der Waals surface area contributed by atoms with Gasteiger partial charge < -0.3 is 4.74 Å². The van der Waals surface area contributed by atoms with E-state index in [4.69, 9.17) is 0 Å². The third-order valence-electron chi connectivity index (χ3n) is 6.16. The van der Waals surface area contributed by atoms with Crippen molar-refractivity contribution in [2.24, 2.45) is 5.92 Å². The van der Waals surface area contributed by atoms with Crippen molar-refractivity contribution in [1.29, 1.82) is 0 Å². The maximum atomic E-state index is 14.5. The van der Waals surface area contributed by atoms with Crippen LogP contribution < -0.4 is 4.74 Å². The van der Waals surface area contributed by atoms with E-state index in [-0.39, 0.29) is 29.9 Å². The van der Waals surface area contributed by atoms with Crippen LogP contribution in [-0.4, -0.2) is 6.36 Å². The molecule has 0 heterocycles. The summed E-state index contributed by atoms with van der Waals surface area (Å²) in [6.45, 7) is 2.11. The zero-order chi connectivity index (χ0) is 23.3. The Kier molecular flexibility index (Phi) is 8.12. The van der Waals surface area contributed by atoms with Gasteiger partial charge >= 0.3 is 6.36 Å². The molecule has 1 aliphatic rings. The molecule has 0 aliphatic heterocycles. The van der Waals surface area contributed by atoms with Crippen molar-refractivity contribution in [3.63, 3.8) is 0 Å². The molecule has 1 atom stereocenters. The number of alkyl halides is 3. The second-order valence-electron chi connectivity index (χ2n) is 8.56. The normalized spacial score (nSPS) is 16.2. The highest BCUT2D eigenvalue weighted by molar-refractivity contribution is 5.39. The first kappa shape index (κ1) is 24.5. The lowest BCUT2D eigenvalue weighted by molar-refractivity contribution is -0.275. The molecule has 2 aromatic rings. The van der Waals surface area contributed by atoms with E-state index in [0.29, 0.717) is 36.8 Å². The second kappa shape index (κ2) is 10.6. The highest BCUT2D eigenvalue weighted by Crippen LogP contribution is 2.36. The van der Waals surface area contributed by atoms with E-state index in [0.717, 1.165) is 31.7 Å². The lowest BCUT2D eigenvalue weighted by Gasteiger charge is -2.26. The molecular formula is C25H28F6O. The average Bonchev–Trinajstić information content (AvgIpc) is 2.72. The van der Waals surface area contributed by atoms with Crippen molar-refractivity contribution in [3.8, 4) is 5.75 Å². The lowest BCUT2D eigenvalue weighted by Crippen LogP contribution is -2.21. The quantitative estimate of drug-likeness (QED) is 0.274. The first-order valence-electron chi connectivity index (χ1n) is 11.2. The average molecular weight is 458 g/mol. The van der Waals surface area contributed by atoms with Gasteiger partial charge in [0.1, 0.15) is 11.6 Å². The van der Waals surface area contributed by atoms with Gasteiger partial charge in [-0.25, -0.2) is 13.2 Å². The molecular weight excluding hydrogens is 430 g/mol. The topological polar surface area (TPSA) is 9.23 Å². The third kappa shape index (κ3) is 6.42. The summed E-state index contributed by atoms with van der Waals surface area (Å²) < 4.78 is 84.4. The Labute approximate surface area is 184 Å². The fourth-order valence-corrected chi connectivity index (χ4v) is 4.46. The molecule has 32 heavy (non-hydrogen) atoms. The zero-order valence-corrected chi connectivity index (χ0v) is 18.1. The molecule has 0 saturated carbocycles. The van der Waals surface area contributed by atoms with E-state index in [2.05, 4.69) is 11.7 Å². The molecule has 176 valence electrons. The molecule has 0 fully saturated rings. The van der Waals surface area contributed by atoms with Gasteiger partial charge in [0.15, 0.2) is 11.6 Å². The number of aryl methyl sites for hydroxylation is 1. The van der Waals surface area contributed by atoms with Crippen LogP contribution in [0.2, 0.25) is 0 Å². The standard InChI is InChI=1S/C25H28F6O/c1-2-3-4-5-6-17-14-21(26)20(22(27)15-17)11-8-16-7-10-19-18(13-16)9-12-23(24(19)28)32-25(29,30)31/h9,12,14-16H,2-8,10-11,13H2,1H3. The first-order chi connectivity index (χ1) is 15.2. The summed E-state index contributed by atoms with van der Waals surface area (Å²) in [5.41, 5.74) is 1.58.